The molecule has 4 aromatic rings. The molecule has 3 aromatic carbocycles. The van der Waals surface area contributed by atoms with E-state index < -0.39 is 63.5 Å². The van der Waals surface area contributed by atoms with E-state index >= 15 is 4.79 Å². The largest absolute Gasteiger partial charge is 0.497 e. The van der Waals surface area contributed by atoms with Crippen LogP contribution in [-0.4, -0.2) is 140 Å². The number of piperidine rings is 1. The molecular formula is C53H62N4O11. The van der Waals surface area contributed by atoms with Gasteiger partial charge in [0.15, 0.2) is 6.10 Å². The van der Waals surface area contributed by atoms with Crippen LogP contribution in [0.2, 0.25) is 0 Å². The van der Waals surface area contributed by atoms with Crippen molar-refractivity contribution in [3.8, 4) is 22.6 Å². The molecule has 3 N–H and O–H groups in total. The normalized spacial score (nSPS) is 33.5. The van der Waals surface area contributed by atoms with Crippen LogP contribution in [0.1, 0.15) is 75.3 Å². The maximum Gasteiger partial charge on any atom is 0.344 e. The minimum atomic E-state index is -2.56. The van der Waals surface area contributed by atoms with E-state index in [-0.39, 0.29) is 18.1 Å². The summed E-state index contributed by atoms with van der Waals surface area (Å²) in [5.41, 5.74) is -1.53. The Balaban J connectivity index is 1.28. The third-order valence-corrected chi connectivity index (χ3v) is 17.0. The second-order valence-electron chi connectivity index (χ2n) is 20.0. The average Bonchev–Trinajstić information content (AvgIpc) is 4.02. The lowest BCUT2D eigenvalue weighted by atomic mass is 9.47. The number of nitrogens with one attached hydrogen (secondary N) is 1. The maximum atomic E-state index is 15.7. The second kappa shape index (κ2) is 16.5. The first-order chi connectivity index (χ1) is 32.7. The van der Waals surface area contributed by atoms with E-state index in [1.165, 1.54) is 33.2 Å². The van der Waals surface area contributed by atoms with Crippen LogP contribution in [0.4, 0.5) is 5.69 Å². The number of methoxy groups -OCH3 is 4. The number of H-pyrrole nitrogens is 1. The van der Waals surface area contributed by atoms with Gasteiger partial charge in [0.1, 0.15) is 16.9 Å². The summed E-state index contributed by atoms with van der Waals surface area (Å²) in [4.78, 5) is 67.0. The van der Waals surface area contributed by atoms with Crippen molar-refractivity contribution in [1.29, 1.82) is 0 Å². The molecule has 1 amide bonds. The summed E-state index contributed by atoms with van der Waals surface area (Å²) in [6, 6.07) is 16.1. The summed E-state index contributed by atoms with van der Waals surface area (Å²) in [7, 11) is 5.73. The standard InChI is InChI=1S/C53H62N4O11/c1-8-49(62)26-32-27-52(47(60)66-6,43-36(17-21-55(28-32)29-49)37-23-34(13-16-40(37)54-43)33-11-14-35(64-4)15-12-33)39-24-38-41(25-42(39)65-5)57(30-58)45-51(38)19-22-56-20-10-18-50(9-2,44(51)56)46(68-31(3)59)53(45,63)48(61)67-7/h10-16,18,23-25,30,32,44-46,54,62-63H,8-9,17,19-22,26-29H2,1-7H3/t32-,44+,45?,46-,49+,50-,51-,52+,53+/m1/s1. The number of anilines is 1. The summed E-state index contributed by atoms with van der Waals surface area (Å²) in [6.07, 6.45) is 5.64. The molecule has 6 heterocycles. The average molecular weight is 931 g/mol. The van der Waals surface area contributed by atoms with Gasteiger partial charge in [-0.05, 0) is 104 Å². The number of aliphatic hydroxyl groups is 2. The van der Waals surface area contributed by atoms with Crippen molar-refractivity contribution in [1.82, 2.24) is 14.8 Å². The van der Waals surface area contributed by atoms with Crippen molar-refractivity contribution in [3.63, 3.8) is 0 Å². The molecule has 10 rings (SSSR count). The molecule has 0 radical (unpaired) electrons. The number of carbonyl (C=O) groups excluding carboxylic acids is 4. The van der Waals surface area contributed by atoms with Crippen molar-refractivity contribution < 1.29 is 53.1 Å². The summed E-state index contributed by atoms with van der Waals surface area (Å²) >= 11 is 0. The first-order valence-corrected chi connectivity index (χ1v) is 23.9. The van der Waals surface area contributed by atoms with Gasteiger partial charge in [-0.15, -0.1) is 0 Å². The van der Waals surface area contributed by atoms with E-state index in [0.29, 0.717) is 93.7 Å². The van der Waals surface area contributed by atoms with Crippen molar-refractivity contribution in [2.45, 2.75) is 99.5 Å². The predicted octanol–water partition coefficient (Wildman–Crippen LogP) is 5.19. The zero-order valence-electron chi connectivity index (χ0n) is 39.9. The molecule has 3 fully saturated rings. The topological polar surface area (TPSA) is 180 Å². The molecule has 1 aliphatic carbocycles. The Bertz CT molecular complexity index is 2740. The molecular weight excluding hydrogens is 869 g/mol. The number of hydrogen-bond acceptors (Lipinski definition) is 13. The summed E-state index contributed by atoms with van der Waals surface area (Å²) in [5, 5.41) is 26.5. The number of aromatic nitrogens is 1. The van der Waals surface area contributed by atoms with Crippen LogP contribution in [-0.2, 0) is 50.6 Å². The molecule has 15 heteroatoms. The number of aromatic amines is 1. The first-order valence-electron chi connectivity index (χ1n) is 23.9. The molecule has 1 aromatic heterocycles. The molecule has 15 nitrogen and oxygen atoms in total. The highest BCUT2D eigenvalue weighted by Crippen LogP contribution is 2.68. The minimum absolute atomic E-state index is 0.197. The molecule has 2 unspecified atom stereocenters. The van der Waals surface area contributed by atoms with E-state index in [1.807, 2.05) is 62.4 Å². The zero-order valence-corrected chi connectivity index (χ0v) is 39.9. The summed E-state index contributed by atoms with van der Waals surface area (Å²) < 4.78 is 29.4. The number of amides is 1. The van der Waals surface area contributed by atoms with Crippen molar-refractivity contribution in [2.75, 3.05) is 66.1 Å². The Morgan fingerprint density at radius 2 is 1.62 bits per heavy atom. The van der Waals surface area contributed by atoms with Gasteiger partial charge in [0.25, 0.3) is 0 Å². The quantitative estimate of drug-likeness (QED) is 0.0820. The summed E-state index contributed by atoms with van der Waals surface area (Å²) in [6.45, 7) is 8.02. The van der Waals surface area contributed by atoms with Gasteiger partial charge in [0.2, 0.25) is 12.0 Å². The van der Waals surface area contributed by atoms with E-state index in [1.54, 1.807) is 13.2 Å². The highest BCUT2D eigenvalue weighted by atomic mass is 16.6. The van der Waals surface area contributed by atoms with Crippen molar-refractivity contribution in [3.05, 3.63) is 89.1 Å². The molecule has 68 heavy (non-hydrogen) atoms. The highest BCUT2D eigenvalue weighted by molar-refractivity contribution is 5.97. The van der Waals surface area contributed by atoms with Crippen LogP contribution < -0.4 is 14.4 Å². The number of nitrogens with zero attached hydrogens (tertiary/aromatic N) is 3. The molecule has 6 aliphatic rings. The fraction of sp³-hybridized carbons (Fsp3) is 0.509. The Kier molecular flexibility index (Phi) is 11.1. The lowest BCUT2D eigenvalue weighted by Crippen LogP contribution is -2.81. The van der Waals surface area contributed by atoms with Crippen molar-refractivity contribution >= 4 is 40.9 Å². The monoisotopic (exact) mass is 930 g/mol. The molecule has 10 atom stereocenters. The molecule has 1 saturated carbocycles. The minimum Gasteiger partial charge on any atom is -0.497 e. The SMILES string of the molecule is CC[C@]1(O)C[C@H]2CN(CCc3c([nH]c4ccc(-c5ccc(OC)cc5)cc34)[C@@](C(=O)OC)(c3cc4c(cc3OC)N(C=O)C3[C@]45CCN4CC=C[C@@](CC)([C@@H](OC(C)=O)[C@]3(O)C(=O)OC)[C@H]45)C2)C1. The third kappa shape index (κ3) is 6.23. The highest BCUT2D eigenvalue weighted by Gasteiger charge is 2.81. The molecule has 2 saturated heterocycles. The fourth-order valence-corrected chi connectivity index (χ4v) is 14.4. The van der Waals surface area contributed by atoms with Gasteiger partial charge < -0.3 is 43.8 Å². The Morgan fingerprint density at radius 3 is 2.28 bits per heavy atom. The number of carbonyl (C=O) groups is 4. The number of benzene rings is 3. The van der Waals surface area contributed by atoms with Gasteiger partial charge in [-0.2, -0.15) is 0 Å². The fourth-order valence-electron chi connectivity index (χ4n) is 14.4. The Hall–Kier alpha value is -5.74. The van der Waals surface area contributed by atoms with Crippen LogP contribution in [0.15, 0.2) is 66.7 Å². The van der Waals surface area contributed by atoms with Gasteiger partial charge in [0, 0.05) is 78.2 Å². The van der Waals surface area contributed by atoms with Gasteiger partial charge in [-0.1, -0.05) is 44.2 Å². The first kappa shape index (κ1) is 46.0. The number of esters is 3. The van der Waals surface area contributed by atoms with Crippen LogP contribution >= 0.6 is 0 Å². The molecule has 5 aliphatic heterocycles. The van der Waals surface area contributed by atoms with Gasteiger partial charge in [-0.25, -0.2) is 4.79 Å². The molecule has 1 spiro atoms. The predicted molar refractivity (Wildman–Crippen MR) is 253 cm³/mol. The van der Waals surface area contributed by atoms with E-state index in [9.17, 15) is 24.6 Å². The van der Waals surface area contributed by atoms with Crippen LogP contribution in [0.3, 0.4) is 0 Å². The molecule has 360 valence electrons. The zero-order chi connectivity index (χ0) is 48.1. The van der Waals surface area contributed by atoms with Crippen LogP contribution in [0.25, 0.3) is 22.0 Å². The van der Waals surface area contributed by atoms with Gasteiger partial charge in [0.05, 0.1) is 45.8 Å². The number of ether oxygens (including phenoxy) is 5. The molecule has 2 bridgehead atoms. The maximum absolute atomic E-state index is 15.7. The Labute approximate surface area is 396 Å². The third-order valence-electron chi connectivity index (χ3n) is 17.0. The van der Waals surface area contributed by atoms with Crippen molar-refractivity contribution in [2.24, 2.45) is 11.3 Å². The second-order valence-corrected chi connectivity index (χ2v) is 20.0. The van der Waals surface area contributed by atoms with E-state index in [0.717, 1.165) is 33.3 Å². The summed E-state index contributed by atoms with van der Waals surface area (Å²) in [5.74, 6) is -1.42. The number of fused-ring (bicyclic) bond motifs is 6. The Morgan fingerprint density at radius 1 is 0.868 bits per heavy atom. The lowest BCUT2D eigenvalue weighted by molar-refractivity contribution is -0.228. The van der Waals surface area contributed by atoms with E-state index in [4.69, 9.17) is 23.7 Å². The lowest BCUT2D eigenvalue weighted by Gasteiger charge is -2.63. The van der Waals surface area contributed by atoms with Gasteiger partial charge >= 0.3 is 17.9 Å². The number of rotatable bonds is 10. The van der Waals surface area contributed by atoms with Gasteiger partial charge in [-0.3, -0.25) is 24.2 Å². The number of hydrogen-bond donors (Lipinski definition) is 3. The van der Waals surface area contributed by atoms with E-state index in [2.05, 4.69) is 26.9 Å². The van der Waals surface area contributed by atoms with Crippen LogP contribution in [0.5, 0.6) is 11.5 Å². The van der Waals surface area contributed by atoms with Crippen LogP contribution in [0, 0.1) is 11.3 Å². The smallest absolute Gasteiger partial charge is 0.344 e.